The van der Waals surface area contributed by atoms with Crippen molar-refractivity contribution in [3.8, 4) is 0 Å². The Kier molecular flexibility index (Phi) is 4.59. The van der Waals surface area contributed by atoms with E-state index in [1.165, 1.54) is 31.5 Å². The van der Waals surface area contributed by atoms with Crippen molar-refractivity contribution >= 4 is 5.91 Å². The molecule has 3 nitrogen and oxygen atoms in total. The lowest BCUT2D eigenvalue weighted by Crippen LogP contribution is -2.32. The Balaban J connectivity index is 1.93. The fourth-order valence-corrected chi connectivity index (χ4v) is 2.49. The SMILES string of the molecule is CC1CCN(Cc2ccc(C(=O)N(C)C)cc2)CC1. The zero-order valence-corrected chi connectivity index (χ0v) is 12.2. The zero-order chi connectivity index (χ0) is 13.8. The lowest BCUT2D eigenvalue weighted by atomic mass is 9.99. The van der Waals surface area contributed by atoms with Crippen LogP contribution in [0.5, 0.6) is 0 Å². The van der Waals surface area contributed by atoms with Crippen LogP contribution in [0.25, 0.3) is 0 Å². The summed E-state index contributed by atoms with van der Waals surface area (Å²) >= 11 is 0. The van der Waals surface area contributed by atoms with E-state index in [1.807, 2.05) is 12.1 Å². The molecule has 104 valence electrons. The maximum absolute atomic E-state index is 11.8. The summed E-state index contributed by atoms with van der Waals surface area (Å²) in [5.41, 5.74) is 2.06. The van der Waals surface area contributed by atoms with E-state index in [0.717, 1.165) is 18.0 Å². The van der Waals surface area contributed by atoms with Gasteiger partial charge in [0.1, 0.15) is 0 Å². The van der Waals surface area contributed by atoms with Gasteiger partial charge in [0.05, 0.1) is 0 Å². The predicted molar refractivity (Wildman–Crippen MR) is 78.1 cm³/mol. The summed E-state index contributed by atoms with van der Waals surface area (Å²) < 4.78 is 0. The third kappa shape index (κ3) is 3.80. The second-order valence-electron chi connectivity index (χ2n) is 5.86. The number of hydrogen-bond donors (Lipinski definition) is 0. The van der Waals surface area contributed by atoms with Crippen LogP contribution in [0.15, 0.2) is 24.3 Å². The van der Waals surface area contributed by atoms with Crippen molar-refractivity contribution in [1.29, 1.82) is 0 Å². The molecule has 0 spiro atoms. The van der Waals surface area contributed by atoms with E-state index in [9.17, 15) is 4.79 Å². The molecular weight excluding hydrogens is 236 g/mol. The smallest absolute Gasteiger partial charge is 0.253 e. The van der Waals surface area contributed by atoms with E-state index in [0.29, 0.717) is 0 Å². The number of benzene rings is 1. The zero-order valence-electron chi connectivity index (χ0n) is 12.2. The van der Waals surface area contributed by atoms with Gasteiger partial charge in [0.2, 0.25) is 0 Å². The van der Waals surface area contributed by atoms with Gasteiger partial charge in [0.15, 0.2) is 0 Å². The number of amides is 1. The first kappa shape index (κ1) is 14.1. The monoisotopic (exact) mass is 260 g/mol. The van der Waals surface area contributed by atoms with Crippen molar-refractivity contribution in [3.63, 3.8) is 0 Å². The third-order valence-corrected chi connectivity index (χ3v) is 3.89. The van der Waals surface area contributed by atoms with E-state index >= 15 is 0 Å². The second-order valence-corrected chi connectivity index (χ2v) is 5.86. The van der Waals surface area contributed by atoms with Crippen LogP contribution in [0, 0.1) is 5.92 Å². The van der Waals surface area contributed by atoms with E-state index in [1.54, 1.807) is 19.0 Å². The van der Waals surface area contributed by atoms with Crippen LogP contribution in [0.2, 0.25) is 0 Å². The van der Waals surface area contributed by atoms with Crippen LogP contribution in [-0.2, 0) is 6.54 Å². The van der Waals surface area contributed by atoms with E-state index in [-0.39, 0.29) is 5.91 Å². The van der Waals surface area contributed by atoms with Crippen LogP contribution in [0.3, 0.4) is 0 Å². The van der Waals surface area contributed by atoms with E-state index in [4.69, 9.17) is 0 Å². The summed E-state index contributed by atoms with van der Waals surface area (Å²) in [5, 5.41) is 0. The summed E-state index contributed by atoms with van der Waals surface area (Å²) in [4.78, 5) is 15.9. The number of piperidine rings is 1. The predicted octanol–water partition coefficient (Wildman–Crippen LogP) is 2.62. The average Bonchev–Trinajstić information content (AvgIpc) is 2.41. The number of rotatable bonds is 3. The summed E-state index contributed by atoms with van der Waals surface area (Å²) in [6.07, 6.45) is 2.61. The summed E-state index contributed by atoms with van der Waals surface area (Å²) in [7, 11) is 3.57. The Morgan fingerprint density at radius 1 is 1.21 bits per heavy atom. The highest BCUT2D eigenvalue weighted by molar-refractivity contribution is 5.93. The fourth-order valence-electron chi connectivity index (χ4n) is 2.49. The van der Waals surface area contributed by atoms with Gasteiger partial charge in [-0.3, -0.25) is 9.69 Å². The van der Waals surface area contributed by atoms with E-state index < -0.39 is 0 Å². The minimum Gasteiger partial charge on any atom is -0.345 e. The highest BCUT2D eigenvalue weighted by Crippen LogP contribution is 2.18. The summed E-state index contributed by atoms with van der Waals surface area (Å²) in [5.74, 6) is 0.940. The van der Waals surface area contributed by atoms with E-state index in [2.05, 4.69) is 24.0 Å². The first-order valence-electron chi connectivity index (χ1n) is 7.09. The molecule has 0 aromatic heterocycles. The normalized spacial score (nSPS) is 17.4. The maximum atomic E-state index is 11.8. The molecular formula is C16H24N2O. The molecule has 1 aliphatic rings. The van der Waals surface area contributed by atoms with Gasteiger partial charge in [-0.1, -0.05) is 19.1 Å². The molecule has 3 heteroatoms. The molecule has 1 fully saturated rings. The molecule has 1 aliphatic heterocycles. The van der Waals surface area contributed by atoms with Crippen molar-refractivity contribution in [2.75, 3.05) is 27.2 Å². The van der Waals surface area contributed by atoms with Gasteiger partial charge in [-0.05, 0) is 49.5 Å². The van der Waals surface area contributed by atoms with Crippen LogP contribution >= 0.6 is 0 Å². The van der Waals surface area contributed by atoms with Gasteiger partial charge >= 0.3 is 0 Å². The van der Waals surface area contributed by atoms with Crippen molar-refractivity contribution in [3.05, 3.63) is 35.4 Å². The molecule has 19 heavy (non-hydrogen) atoms. The largest absolute Gasteiger partial charge is 0.345 e. The minimum absolute atomic E-state index is 0.0679. The maximum Gasteiger partial charge on any atom is 0.253 e. The molecule has 1 saturated heterocycles. The number of hydrogen-bond acceptors (Lipinski definition) is 2. The molecule has 0 unspecified atom stereocenters. The first-order valence-corrected chi connectivity index (χ1v) is 7.09. The Morgan fingerprint density at radius 3 is 2.32 bits per heavy atom. The van der Waals surface area contributed by atoms with Gasteiger partial charge in [0.25, 0.3) is 5.91 Å². The standard InChI is InChI=1S/C16H24N2O/c1-13-8-10-18(11-9-13)12-14-4-6-15(7-5-14)16(19)17(2)3/h4-7,13H,8-12H2,1-3H3. The van der Waals surface area contributed by atoms with Crippen molar-refractivity contribution < 1.29 is 4.79 Å². The molecule has 2 rings (SSSR count). The topological polar surface area (TPSA) is 23.6 Å². The van der Waals surface area contributed by atoms with Gasteiger partial charge in [0, 0.05) is 26.2 Å². The Bertz CT molecular complexity index is 417. The molecule has 1 aromatic carbocycles. The van der Waals surface area contributed by atoms with Gasteiger partial charge in [-0.2, -0.15) is 0 Å². The lowest BCUT2D eigenvalue weighted by molar-refractivity contribution is 0.0827. The van der Waals surface area contributed by atoms with Crippen LogP contribution < -0.4 is 0 Å². The molecule has 0 saturated carbocycles. The molecule has 0 radical (unpaired) electrons. The van der Waals surface area contributed by atoms with Crippen LogP contribution in [-0.4, -0.2) is 42.9 Å². The minimum atomic E-state index is 0.0679. The summed E-state index contributed by atoms with van der Waals surface area (Å²) in [6.45, 7) is 5.72. The molecule has 0 atom stereocenters. The number of nitrogens with zero attached hydrogens (tertiary/aromatic N) is 2. The van der Waals surface area contributed by atoms with Crippen LogP contribution in [0.4, 0.5) is 0 Å². The van der Waals surface area contributed by atoms with Crippen molar-refractivity contribution in [1.82, 2.24) is 9.80 Å². The van der Waals surface area contributed by atoms with Crippen LogP contribution in [0.1, 0.15) is 35.7 Å². The number of carbonyl (C=O) groups is 1. The van der Waals surface area contributed by atoms with Gasteiger partial charge < -0.3 is 4.90 Å². The quantitative estimate of drug-likeness (QED) is 0.834. The highest BCUT2D eigenvalue weighted by atomic mass is 16.2. The second kappa shape index (κ2) is 6.20. The molecule has 0 N–H and O–H groups in total. The van der Waals surface area contributed by atoms with Crippen molar-refractivity contribution in [2.24, 2.45) is 5.92 Å². The van der Waals surface area contributed by atoms with Gasteiger partial charge in [-0.25, -0.2) is 0 Å². The molecule has 0 aliphatic carbocycles. The highest BCUT2D eigenvalue weighted by Gasteiger charge is 2.15. The number of likely N-dealkylation sites (tertiary alicyclic amines) is 1. The third-order valence-electron chi connectivity index (χ3n) is 3.89. The Labute approximate surface area is 116 Å². The lowest BCUT2D eigenvalue weighted by Gasteiger charge is -2.30. The fraction of sp³-hybridized carbons (Fsp3) is 0.562. The molecule has 1 amide bonds. The Hall–Kier alpha value is -1.35. The number of carbonyl (C=O) groups excluding carboxylic acids is 1. The molecule has 1 aromatic rings. The first-order chi connectivity index (χ1) is 9.06. The Morgan fingerprint density at radius 2 is 1.79 bits per heavy atom. The molecule has 1 heterocycles. The van der Waals surface area contributed by atoms with Crippen molar-refractivity contribution in [2.45, 2.75) is 26.3 Å². The van der Waals surface area contributed by atoms with Gasteiger partial charge in [-0.15, -0.1) is 0 Å². The summed E-state index contributed by atoms with van der Waals surface area (Å²) in [6, 6.07) is 8.03. The average molecular weight is 260 g/mol. The molecule has 0 bridgehead atoms.